The van der Waals surface area contributed by atoms with Crippen LogP contribution in [0.3, 0.4) is 0 Å². The van der Waals surface area contributed by atoms with Gasteiger partial charge in [0.25, 0.3) is 0 Å². The SMILES string of the molecule is CCC[CH2][Sn]([CH2]CCC)([CH2]CCC)[c]1csc(C=O)n1.Cc1cc2c(Cl)ccnc2cc1-c1csc(C=O)n1.Cc1cc2c(Cl)ccnc2cc1Br. The molecule has 52 heavy (non-hydrogen) atoms. The first-order valence-corrected chi connectivity index (χ1v) is 28.5. The van der Waals surface area contributed by atoms with Crippen molar-refractivity contribution in [3.8, 4) is 11.3 Å². The summed E-state index contributed by atoms with van der Waals surface area (Å²) in [5.41, 5.74) is 5.76. The zero-order chi connectivity index (χ0) is 37.7. The van der Waals surface area contributed by atoms with Crippen LogP contribution in [0.25, 0.3) is 33.1 Å². The Bertz CT molecular complexity index is 2080. The van der Waals surface area contributed by atoms with Crippen molar-refractivity contribution in [2.24, 2.45) is 0 Å². The van der Waals surface area contributed by atoms with Gasteiger partial charge < -0.3 is 0 Å². The van der Waals surface area contributed by atoms with E-state index in [4.69, 9.17) is 28.2 Å². The van der Waals surface area contributed by atoms with Gasteiger partial charge in [0.05, 0.1) is 26.8 Å². The molecule has 0 atom stereocenters. The Morgan fingerprint density at radius 3 is 1.71 bits per heavy atom. The first-order chi connectivity index (χ1) is 25.1. The van der Waals surface area contributed by atoms with Gasteiger partial charge in [-0.1, -0.05) is 39.1 Å². The number of carbonyl (C=O) groups is 2. The van der Waals surface area contributed by atoms with Gasteiger partial charge in [0.1, 0.15) is 0 Å². The summed E-state index contributed by atoms with van der Waals surface area (Å²) in [4.78, 5) is 39.2. The Morgan fingerprint density at radius 2 is 1.21 bits per heavy atom. The summed E-state index contributed by atoms with van der Waals surface area (Å²) in [6.07, 6.45) is 13.0. The van der Waals surface area contributed by atoms with Gasteiger partial charge >= 0.3 is 132 Å². The number of benzene rings is 2. The van der Waals surface area contributed by atoms with E-state index >= 15 is 0 Å². The zero-order valence-corrected chi connectivity index (χ0v) is 37.9. The zero-order valence-electron chi connectivity index (χ0n) is 30.3. The number of rotatable bonds is 13. The molecule has 0 unspecified atom stereocenters. The smallest absolute Gasteiger partial charge is 0.178 e. The molecule has 0 N–H and O–H groups in total. The number of unbranched alkanes of at least 4 members (excludes halogenated alkanes) is 3. The van der Waals surface area contributed by atoms with Gasteiger partial charge in [-0.2, -0.15) is 0 Å². The predicted molar refractivity (Wildman–Crippen MR) is 229 cm³/mol. The van der Waals surface area contributed by atoms with Gasteiger partial charge in [0, 0.05) is 38.6 Å². The second-order valence-electron chi connectivity index (χ2n) is 12.9. The fourth-order valence-electron chi connectivity index (χ4n) is 6.14. The van der Waals surface area contributed by atoms with E-state index in [0.717, 1.165) is 60.7 Å². The standard InChI is InChI=1S/C14H9ClN2OS.C10H7BrClN.C4H2NOS.3C4H9.Sn/c1-8-4-10-11(15)2-3-16-12(10)5-9(8)13-7-19-14(6-18)17-13;1-6-4-7-9(12)2-3-13-10(7)5-8(6)11;6-3-4-5-1-2-7-4;3*1-3-4-2;/h2-7H,1H3;2-5H,1H3;2-3H;3*1,3-4H2,2H3;. The molecule has 0 saturated heterocycles. The number of thiazole rings is 2. The van der Waals surface area contributed by atoms with Gasteiger partial charge in [0.15, 0.2) is 11.3 Å². The van der Waals surface area contributed by atoms with Gasteiger partial charge in [0.2, 0.25) is 0 Å². The van der Waals surface area contributed by atoms with Crippen molar-refractivity contribution in [1.29, 1.82) is 0 Å². The topological polar surface area (TPSA) is 85.7 Å². The Kier molecular flexibility index (Phi) is 17.1. The van der Waals surface area contributed by atoms with Crippen LogP contribution in [-0.2, 0) is 0 Å². The summed E-state index contributed by atoms with van der Waals surface area (Å²) in [6, 6.07) is 11.6. The summed E-state index contributed by atoms with van der Waals surface area (Å²) >= 11 is 16.2. The first kappa shape index (κ1) is 42.5. The van der Waals surface area contributed by atoms with Crippen molar-refractivity contribution >= 4 is 118 Å². The number of hydrogen-bond donors (Lipinski definition) is 0. The monoisotopic (exact) mass is 946 g/mol. The van der Waals surface area contributed by atoms with Gasteiger partial charge in [-0.05, 0) is 61.4 Å². The summed E-state index contributed by atoms with van der Waals surface area (Å²) in [5.74, 6) is 0. The van der Waals surface area contributed by atoms with E-state index in [0.29, 0.717) is 15.0 Å². The van der Waals surface area contributed by atoms with Gasteiger partial charge in [-0.15, -0.1) is 11.3 Å². The number of carbonyl (C=O) groups excluding carboxylic acids is 2. The average molecular weight is 947 g/mol. The molecule has 6 aromatic rings. The molecule has 274 valence electrons. The molecule has 0 spiro atoms. The van der Waals surface area contributed by atoms with Crippen molar-refractivity contribution in [2.45, 2.75) is 86.5 Å². The van der Waals surface area contributed by atoms with Crippen molar-refractivity contribution in [1.82, 2.24) is 19.9 Å². The Balaban J connectivity index is 0.000000178. The number of aldehydes is 2. The van der Waals surface area contributed by atoms with Crippen LogP contribution in [0.15, 0.2) is 64.0 Å². The van der Waals surface area contributed by atoms with Crippen LogP contribution in [0.1, 0.15) is 90.0 Å². The molecule has 12 heteroatoms. The molecule has 0 bridgehead atoms. The molecule has 6 nitrogen and oxygen atoms in total. The molecule has 0 aliphatic rings. The van der Waals surface area contributed by atoms with E-state index in [9.17, 15) is 9.59 Å². The summed E-state index contributed by atoms with van der Waals surface area (Å²) in [5, 5.41) is 8.64. The molecule has 0 saturated carbocycles. The first-order valence-electron chi connectivity index (χ1n) is 17.7. The van der Waals surface area contributed by atoms with Crippen molar-refractivity contribution in [2.75, 3.05) is 0 Å². The summed E-state index contributed by atoms with van der Waals surface area (Å²) in [6.45, 7) is 10.9. The minimum Gasteiger partial charge on any atom is -0.295 e. The predicted octanol–water partition coefficient (Wildman–Crippen LogP) is 13.1. The molecule has 2 aromatic carbocycles. The average Bonchev–Trinajstić information content (AvgIpc) is 3.84. The summed E-state index contributed by atoms with van der Waals surface area (Å²) < 4.78 is 6.73. The maximum atomic E-state index is 11.0. The van der Waals surface area contributed by atoms with E-state index < -0.39 is 18.4 Å². The Hall–Kier alpha value is -2.28. The number of fused-ring (bicyclic) bond motifs is 2. The molecular weight excluding hydrogens is 902 g/mol. The largest absolute Gasteiger partial charge is 0.295 e. The van der Waals surface area contributed by atoms with E-state index in [2.05, 4.69) is 57.0 Å². The molecule has 6 rings (SSSR count). The van der Waals surface area contributed by atoms with Crippen LogP contribution < -0.4 is 3.71 Å². The Labute approximate surface area is 337 Å². The Morgan fingerprint density at radius 1 is 0.712 bits per heavy atom. The number of pyridine rings is 2. The van der Waals surface area contributed by atoms with E-state index in [1.54, 1.807) is 35.9 Å². The molecule has 0 aliphatic heterocycles. The molecular formula is C40H45BrCl2N4O2S2Sn. The molecule has 4 aromatic heterocycles. The quantitative estimate of drug-likeness (QED) is 0.0847. The van der Waals surface area contributed by atoms with Crippen molar-refractivity contribution < 1.29 is 9.59 Å². The number of hydrogen-bond acceptors (Lipinski definition) is 8. The van der Waals surface area contributed by atoms with Gasteiger partial charge in [-0.3, -0.25) is 14.8 Å². The minimum atomic E-state index is -2.36. The van der Waals surface area contributed by atoms with E-state index in [1.807, 2.05) is 43.5 Å². The molecule has 0 aliphatic carbocycles. The summed E-state index contributed by atoms with van der Waals surface area (Å²) in [7, 11) is 0. The normalized spacial score (nSPS) is 11.2. The van der Waals surface area contributed by atoms with Crippen LogP contribution in [0.2, 0.25) is 23.4 Å². The van der Waals surface area contributed by atoms with Crippen LogP contribution in [0.4, 0.5) is 0 Å². The number of halogens is 3. The number of aryl methyl sites for hydroxylation is 2. The maximum absolute atomic E-state index is 11.0. The van der Waals surface area contributed by atoms with E-state index in [1.165, 1.54) is 72.4 Å². The third-order valence-electron chi connectivity index (χ3n) is 9.09. The van der Waals surface area contributed by atoms with Crippen LogP contribution >= 0.6 is 61.8 Å². The third kappa shape index (κ3) is 11.1. The molecule has 0 radical (unpaired) electrons. The van der Waals surface area contributed by atoms with E-state index in [-0.39, 0.29) is 0 Å². The molecule has 0 fully saturated rings. The maximum Gasteiger partial charge on any atom is 0.178 e. The van der Waals surface area contributed by atoms with Crippen LogP contribution in [-0.4, -0.2) is 50.9 Å². The fraction of sp³-hybridized carbons (Fsp3) is 0.350. The fourth-order valence-corrected chi connectivity index (χ4v) is 25.3. The molecule has 0 amide bonds. The van der Waals surface area contributed by atoms with Crippen molar-refractivity contribution in [3.05, 3.63) is 95.2 Å². The van der Waals surface area contributed by atoms with Crippen molar-refractivity contribution in [3.63, 3.8) is 0 Å². The number of nitrogens with zero attached hydrogens (tertiary/aromatic N) is 4. The second kappa shape index (κ2) is 21.0. The minimum absolute atomic E-state index is 0.480. The van der Waals surface area contributed by atoms with Crippen LogP contribution in [0, 0.1) is 13.8 Å². The van der Waals surface area contributed by atoms with Gasteiger partial charge in [-0.25, -0.2) is 4.98 Å². The third-order valence-corrected chi connectivity index (χ3v) is 27.8. The molecule has 4 heterocycles. The van der Waals surface area contributed by atoms with Crippen LogP contribution in [0.5, 0.6) is 0 Å². The number of aromatic nitrogens is 4. The second-order valence-corrected chi connectivity index (χ2v) is 29.4.